The number of fused-ring (bicyclic) bond motifs is 3. The molecule has 2 aromatic heterocycles. The van der Waals surface area contributed by atoms with Crippen molar-refractivity contribution >= 4 is 27.6 Å². The minimum Gasteiger partial charge on any atom is -0.455 e. The van der Waals surface area contributed by atoms with Crippen LogP contribution in [0.3, 0.4) is 0 Å². The summed E-state index contributed by atoms with van der Waals surface area (Å²) < 4.78 is 30.7. The number of hydrogen-bond donors (Lipinski definition) is 0. The van der Waals surface area contributed by atoms with Crippen LogP contribution in [0.1, 0.15) is 32.2 Å². The number of nitrogens with zero attached hydrogens (tertiary/aromatic N) is 2. The van der Waals surface area contributed by atoms with E-state index in [1.165, 1.54) is 6.20 Å². The third-order valence-corrected chi connectivity index (χ3v) is 4.98. The summed E-state index contributed by atoms with van der Waals surface area (Å²) >= 11 is 0. The Morgan fingerprint density at radius 3 is 2.67 bits per heavy atom. The van der Waals surface area contributed by atoms with Gasteiger partial charge in [-0.1, -0.05) is 32.0 Å². The molecule has 0 atom stereocenters. The Balaban J connectivity index is 2.10. The van der Waals surface area contributed by atoms with Crippen molar-refractivity contribution in [2.45, 2.75) is 26.7 Å². The summed E-state index contributed by atoms with van der Waals surface area (Å²) in [6.45, 7) is 12.6. The fourth-order valence-corrected chi connectivity index (χ4v) is 3.56. The van der Waals surface area contributed by atoms with Crippen LogP contribution in [-0.2, 0) is 7.05 Å². The topological polar surface area (TPSA) is 21.4 Å². The number of halogens is 1. The maximum absolute atomic E-state index is 14.5. The van der Waals surface area contributed by atoms with Crippen molar-refractivity contribution in [2.24, 2.45) is 7.05 Å². The SMILES string of the molecule is [2H]C(C)(C)c1cc(-c2c(C)ccc3c2oc2ccc([N+]#[C-])cc23)[n+](C)cc1F. The van der Waals surface area contributed by atoms with Crippen LogP contribution >= 0.6 is 0 Å². The van der Waals surface area contributed by atoms with E-state index in [2.05, 4.69) is 4.85 Å². The average Bonchev–Trinajstić information content (AvgIpc) is 2.99. The van der Waals surface area contributed by atoms with Crippen LogP contribution in [-0.4, -0.2) is 0 Å². The molecule has 0 fully saturated rings. The number of aryl methyl sites for hydroxylation is 2. The molecule has 134 valence electrons. The summed E-state index contributed by atoms with van der Waals surface area (Å²) in [4.78, 5) is 3.51. The summed E-state index contributed by atoms with van der Waals surface area (Å²) in [5.41, 5.74) is 4.95. The average molecular weight is 360 g/mol. The zero-order valence-electron chi connectivity index (χ0n) is 16.7. The lowest BCUT2D eigenvalue weighted by molar-refractivity contribution is -0.662. The van der Waals surface area contributed by atoms with Gasteiger partial charge in [-0.15, -0.1) is 0 Å². The van der Waals surface area contributed by atoms with Gasteiger partial charge in [0, 0.05) is 23.8 Å². The standard InChI is InChI=1S/C23H20FN2O/c1-13(2)17-11-20(26(5)12-19(17)24)22-14(3)6-8-16-18-10-15(25-4)7-9-21(18)27-23(16)22/h6-13H,1-3,5H3/q+1/i13D. The van der Waals surface area contributed by atoms with Crippen molar-refractivity contribution in [1.82, 2.24) is 0 Å². The van der Waals surface area contributed by atoms with Gasteiger partial charge < -0.3 is 4.42 Å². The van der Waals surface area contributed by atoms with Gasteiger partial charge in [0.05, 0.1) is 12.1 Å². The first-order chi connectivity index (χ1) is 13.2. The molecular formula is C23H20FN2O+. The Bertz CT molecular complexity index is 1290. The lowest BCUT2D eigenvalue weighted by Crippen LogP contribution is -2.32. The van der Waals surface area contributed by atoms with E-state index in [0.717, 1.165) is 27.6 Å². The van der Waals surface area contributed by atoms with Crippen molar-refractivity contribution in [3.63, 3.8) is 0 Å². The van der Waals surface area contributed by atoms with Crippen molar-refractivity contribution in [1.29, 1.82) is 0 Å². The van der Waals surface area contributed by atoms with E-state index in [1.807, 2.05) is 31.2 Å². The Kier molecular flexibility index (Phi) is 3.68. The predicted molar refractivity (Wildman–Crippen MR) is 105 cm³/mol. The highest BCUT2D eigenvalue weighted by Gasteiger charge is 2.23. The predicted octanol–water partition coefficient (Wildman–Crippen LogP) is 6.20. The molecule has 0 aliphatic carbocycles. The van der Waals surface area contributed by atoms with Gasteiger partial charge in [0.15, 0.2) is 11.5 Å². The molecule has 0 saturated heterocycles. The van der Waals surface area contributed by atoms with Crippen LogP contribution < -0.4 is 4.57 Å². The Morgan fingerprint density at radius 1 is 1.19 bits per heavy atom. The first kappa shape index (κ1) is 16.0. The van der Waals surface area contributed by atoms with Gasteiger partial charge in [0.2, 0.25) is 11.9 Å². The highest BCUT2D eigenvalue weighted by Crippen LogP contribution is 2.38. The summed E-state index contributed by atoms with van der Waals surface area (Å²) in [6.07, 6.45) is 1.42. The molecule has 0 radical (unpaired) electrons. The van der Waals surface area contributed by atoms with Crippen molar-refractivity contribution in [3.8, 4) is 11.3 Å². The van der Waals surface area contributed by atoms with Crippen LogP contribution in [0, 0.1) is 19.3 Å². The molecule has 0 unspecified atom stereocenters. The molecular weight excluding hydrogens is 339 g/mol. The molecule has 0 amide bonds. The van der Waals surface area contributed by atoms with Crippen LogP contribution in [0.2, 0.25) is 0 Å². The molecule has 4 aromatic rings. The molecule has 0 aliphatic rings. The maximum Gasteiger partial charge on any atom is 0.216 e. The second-order valence-corrected chi connectivity index (χ2v) is 7.06. The third-order valence-electron chi connectivity index (χ3n) is 4.98. The van der Waals surface area contributed by atoms with E-state index in [0.29, 0.717) is 22.4 Å². The Morgan fingerprint density at radius 2 is 1.96 bits per heavy atom. The van der Waals surface area contributed by atoms with E-state index in [9.17, 15) is 4.39 Å². The van der Waals surface area contributed by atoms with Gasteiger partial charge in [0.1, 0.15) is 18.2 Å². The molecule has 4 heteroatoms. The van der Waals surface area contributed by atoms with Crippen molar-refractivity contribution < 1.29 is 14.7 Å². The van der Waals surface area contributed by atoms with E-state index in [4.69, 9.17) is 12.4 Å². The third kappa shape index (κ3) is 2.67. The van der Waals surface area contributed by atoms with E-state index in [1.54, 1.807) is 37.6 Å². The number of furan rings is 1. The number of aromatic nitrogens is 1. The van der Waals surface area contributed by atoms with E-state index < -0.39 is 11.7 Å². The summed E-state index contributed by atoms with van der Waals surface area (Å²) in [5, 5.41) is 1.80. The molecule has 0 saturated carbocycles. The summed E-state index contributed by atoms with van der Waals surface area (Å²) in [6, 6.07) is 11.1. The molecule has 0 N–H and O–H groups in total. The first-order valence-corrected chi connectivity index (χ1v) is 8.74. The summed E-state index contributed by atoms with van der Waals surface area (Å²) in [7, 11) is 1.79. The quantitative estimate of drug-likeness (QED) is 0.308. The molecule has 27 heavy (non-hydrogen) atoms. The van der Waals surface area contributed by atoms with Crippen LogP contribution in [0.4, 0.5) is 10.1 Å². The van der Waals surface area contributed by atoms with Gasteiger partial charge in [-0.3, -0.25) is 0 Å². The zero-order chi connectivity index (χ0) is 20.2. The largest absolute Gasteiger partial charge is 0.455 e. The first-order valence-electron chi connectivity index (χ1n) is 9.24. The van der Waals surface area contributed by atoms with Crippen LogP contribution in [0.5, 0.6) is 0 Å². The Labute approximate surface area is 158 Å². The lowest BCUT2D eigenvalue weighted by Gasteiger charge is -2.10. The van der Waals surface area contributed by atoms with Crippen LogP contribution in [0.15, 0.2) is 47.0 Å². The van der Waals surface area contributed by atoms with Gasteiger partial charge in [0.25, 0.3) is 0 Å². The van der Waals surface area contributed by atoms with Gasteiger partial charge in [-0.25, -0.2) is 9.24 Å². The molecule has 0 aliphatic heterocycles. The minimum absolute atomic E-state index is 0.336. The number of benzene rings is 2. The van der Waals surface area contributed by atoms with Gasteiger partial charge >= 0.3 is 0 Å². The zero-order valence-corrected chi connectivity index (χ0v) is 15.7. The van der Waals surface area contributed by atoms with Crippen LogP contribution in [0.25, 0.3) is 38.0 Å². The van der Waals surface area contributed by atoms with Gasteiger partial charge in [-0.2, -0.15) is 4.57 Å². The number of rotatable bonds is 2. The number of hydrogen-bond acceptors (Lipinski definition) is 1. The molecule has 2 aromatic carbocycles. The van der Waals surface area contributed by atoms with Gasteiger partial charge in [-0.05, 0) is 30.5 Å². The Hall–Kier alpha value is -3.19. The minimum atomic E-state index is -1.06. The van der Waals surface area contributed by atoms with Crippen molar-refractivity contribution in [2.75, 3.05) is 0 Å². The van der Waals surface area contributed by atoms with Crippen molar-refractivity contribution in [3.05, 3.63) is 71.0 Å². The molecule has 0 bridgehead atoms. The smallest absolute Gasteiger partial charge is 0.216 e. The number of pyridine rings is 1. The van der Waals surface area contributed by atoms with E-state index in [-0.39, 0.29) is 0 Å². The lowest BCUT2D eigenvalue weighted by atomic mass is 9.97. The van der Waals surface area contributed by atoms with E-state index >= 15 is 0 Å². The summed E-state index contributed by atoms with van der Waals surface area (Å²) in [5.74, 6) is -1.46. The monoisotopic (exact) mass is 360 g/mol. The fourth-order valence-electron chi connectivity index (χ4n) is 3.56. The maximum atomic E-state index is 14.5. The second kappa shape index (κ2) is 6.21. The highest BCUT2D eigenvalue weighted by atomic mass is 19.1. The normalized spacial score (nSPS) is 12.4. The second-order valence-electron chi connectivity index (χ2n) is 7.06. The molecule has 0 spiro atoms. The molecule has 4 rings (SSSR count). The fraction of sp³-hybridized carbons (Fsp3) is 0.217. The highest BCUT2D eigenvalue weighted by molar-refractivity contribution is 6.10. The molecule has 2 heterocycles. The molecule has 3 nitrogen and oxygen atoms in total.